The van der Waals surface area contributed by atoms with E-state index in [0.717, 1.165) is 38.6 Å². The van der Waals surface area contributed by atoms with Crippen molar-refractivity contribution in [3.05, 3.63) is 29.8 Å². The van der Waals surface area contributed by atoms with Crippen molar-refractivity contribution in [1.29, 1.82) is 0 Å². The number of hydrogen-bond acceptors (Lipinski definition) is 3. The summed E-state index contributed by atoms with van der Waals surface area (Å²) in [5.41, 5.74) is 2.45. The number of hydrogen-bond donors (Lipinski definition) is 0. The number of carbonyl (C=O) groups excluding carboxylic acids is 1. The lowest BCUT2D eigenvalue weighted by Gasteiger charge is -2.29. The van der Waals surface area contributed by atoms with E-state index in [0.29, 0.717) is 13.0 Å². The smallest absolute Gasteiger partial charge is 0.222 e. The van der Waals surface area contributed by atoms with Crippen LogP contribution in [0, 0.1) is 5.92 Å². The number of rotatable bonds is 6. The van der Waals surface area contributed by atoms with Crippen molar-refractivity contribution in [3.8, 4) is 0 Å². The fourth-order valence-electron chi connectivity index (χ4n) is 3.99. The molecule has 1 aliphatic heterocycles. The van der Waals surface area contributed by atoms with Crippen LogP contribution in [0.5, 0.6) is 0 Å². The Kier molecular flexibility index (Phi) is 6.74. The summed E-state index contributed by atoms with van der Waals surface area (Å²) >= 11 is 0. The third kappa shape index (κ3) is 5.46. The molecule has 0 aromatic heterocycles. The van der Waals surface area contributed by atoms with Crippen molar-refractivity contribution in [1.82, 2.24) is 4.90 Å². The van der Waals surface area contributed by atoms with Crippen LogP contribution in [0.3, 0.4) is 0 Å². The lowest BCUT2D eigenvalue weighted by atomic mass is 9.86. The van der Waals surface area contributed by atoms with Crippen LogP contribution < -0.4 is 4.90 Å². The van der Waals surface area contributed by atoms with Gasteiger partial charge < -0.3 is 14.5 Å². The van der Waals surface area contributed by atoms with Crippen LogP contribution in [-0.4, -0.2) is 44.2 Å². The first-order valence-corrected chi connectivity index (χ1v) is 9.88. The quantitative estimate of drug-likeness (QED) is 0.786. The zero-order chi connectivity index (χ0) is 17.5. The van der Waals surface area contributed by atoms with E-state index in [1.807, 2.05) is 11.9 Å². The van der Waals surface area contributed by atoms with Crippen LogP contribution in [0.15, 0.2) is 24.3 Å². The molecular weight excluding hydrogens is 312 g/mol. The molecule has 0 bridgehead atoms. The molecule has 0 atom stereocenters. The number of anilines is 1. The molecule has 1 saturated heterocycles. The van der Waals surface area contributed by atoms with Gasteiger partial charge >= 0.3 is 0 Å². The number of morpholine rings is 1. The van der Waals surface area contributed by atoms with Gasteiger partial charge in [0.15, 0.2) is 0 Å². The molecule has 1 heterocycles. The van der Waals surface area contributed by atoms with Gasteiger partial charge in [0.05, 0.1) is 13.2 Å². The van der Waals surface area contributed by atoms with E-state index in [4.69, 9.17) is 4.74 Å². The molecule has 4 heteroatoms. The second-order valence-corrected chi connectivity index (χ2v) is 7.56. The van der Waals surface area contributed by atoms with E-state index in [1.54, 1.807) is 0 Å². The van der Waals surface area contributed by atoms with Gasteiger partial charge in [0, 0.05) is 38.8 Å². The Bertz CT molecular complexity index is 531. The van der Waals surface area contributed by atoms with Gasteiger partial charge in [-0.3, -0.25) is 4.79 Å². The molecule has 3 rings (SSSR count). The second-order valence-electron chi connectivity index (χ2n) is 7.56. The molecule has 0 N–H and O–H groups in total. The van der Waals surface area contributed by atoms with Crippen LogP contribution in [0.2, 0.25) is 0 Å². The summed E-state index contributed by atoms with van der Waals surface area (Å²) < 4.78 is 5.40. The number of carbonyl (C=O) groups is 1. The predicted octanol–water partition coefficient (Wildman–Crippen LogP) is 3.84. The standard InChI is InChI=1S/C21H32N2O2/c1-22(21(24)12-9-18-5-3-2-4-6-18)17-19-7-10-20(11-8-19)23-13-15-25-16-14-23/h7-8,10-11,18H,2-6,9,12-17H2,1H3. The van der Waals surface area contributed by atoms with E-state index in [-0.39, 0.29) is 5.91 Å². The first kappa shape index (κ1) is 18.2. The lowest BCUT2D eigenvalue weighted by Crippen LogP contribution is -2.36. The maximum absolute atomic E-state index is 12.4. The van der Waals surface area contributed by atoms with Crippen molar-refractivity contribution in [2.45, 2.75) is 51.5 Å². The molecule has 2 fully saturated rings. The summed E-state index contributed by atoms with van der Waals surface area (Å²) in [5.74, 6) is 1.06. The fourth-order valence-corrected chi connectivity index (χ4v) is 3.99. The first-order valence-electron chi connectivity index (χ1n) is 9.88. The second kappa shape index (κ2) is 9.23. The highest BCUT2D eigenvalue weighted by Gasteiger charge is 2.17. The van der Waals surface area contributed by atoms with Gasteiger partial charge in [-0.25, -0.2) is 0 Å². The Morgan fingerprint density at radius 1 is 1.12 bits per heavy atom. The van der Waals surface area contributed by atoms with Gasteiger partial charge in [-0.1, -0.05) is 44.2 Å². The Labute approximate surface area is 152 Å². The number of ether oxygens (including phenoxy) is 1. The minimum atomic E-state index is 0.280. The molecule has 0 spiro atoms. The monoisotopic (exact) mass is 344 g/mol. The molecule has 4 nitrogen and oxygen atoms in total. The van der Waals surface area contributed by atoms with Crippen LogP contribution >= 0.6 is 0 Å². The van der Waals surface area contributed by atoms with E-state index in [2.05, 4.69) is 29.2 Å². The molecular formula is C21H32N2O2. The van der Waals surface area contributed by atoms with E-state index < -0.39 is 0 Å². The van der Waals surface area contributed by atoms with Crippen molar-refractivity contribution in [2.75, 3.05) is 38.3 Å². The summed E-state index contributed by atoms with van der Waals surface area (Å²) in [6, 6.07) is 8.63. The van der Waals surface area contributed by atoms with Crippen molar-refractivity contribution < 1.29 is 9.53 Å². The molecule has 0 radical (unpaired) electrons. The maximum Gasteiger partial charge on any atom is 0.222 e. The zero-order valence-electron chi connectivity index (χ0n) is 15.6. The Morgan fingerprint density at radius 2 is 1.80 bits per heavy atom. The SMILES string of the molecule is CN(Cc1ccc(N2CCOCC2)cc1)C(=O)CCC1CCCCC1. The molecule has 1 amide bonds. The number of nitrogens with zero attached hydrogens (tertiary/aromatic N) is 2. The summed E-state index contributed by atoms with van der Waals surface area (Å²) in [6.45, 7) is 4.23. The van der Waals surface area contributed by atoms with Gasteiger partial charge in [-0.15, -0.1) is 0 Å². The van der Waals surface area contributed by atoms with Gasteiger partial charge in [-0.05, 0) is 30.0 Å². The van der Waals surface area contributed by atoms with Crippen molar-refractivity contribution >= 4 is 11.6 Å². The Morgan fingerprint density at radius 3 is 2.48 bits per heavy atom. The Hall–Kier alpha value is -1.55. The fraction of sp³-hybridized carbons (Fsp3) is 0.667. The van der Waals surface area contributed by atoms with E-state index in [1.165, 1.54) is 43.4 Å². The average molecular weight is 344 g/mol. The van der Waals surface area contributed by atoms with Crippen LogP contribution in [-0.2, 0) is 16.1 Å². The van der Waals surface area contributed by atoms with Gasteiger partial charge in [0.1, 0.15) is 0 Å². The summed E-state index contributed by atoms with van der Waals surface area (Å²) in [7, 11) is 1.93. The first-order chi connectivity index (χ1) is 12.2. The highest BCUT2D eigenvalue weighted by Crippen LogP contribution is 2.27. The van der Waals surface area contributed by atoms with Crippen LogP contribution in [0.1, 0.15) is 50.5 Å². The molecule has 138 valence electrons. The highest BCUT2D eigenvalue weighted by atomic mass is 16.5. The largest absolute Gasteiger partial charge is 0.378 e. The molecule has 25 heavy (non-hydrogen) atoms. The Balaban J connectivity index is 1.44. The maximum atomic E-state index is 12.4. The highest BCUT2D eigenvalue weighted by molar-refractivity contribution is 5.75. The normalized spacial score (nSPS) is 19.0. The molecule has 2 aliphatic rings. The zero-order valence-corrected chi connectivity index (χ0v) is 15.6. The molecule has 1 aromatic rings. The third-order valence-electron chi connectivity index (χ3n) is 5.65. The van der Waals surface area contributed by atoms with Gasteiger partial charge in [0.2, 0.25) is 5.91 Å². The third-order valence-corrected chi connectivity index (χ3v) is 5.65. The summed E-state index contributed by atoms with van der Waals surface area (Å²) in [6.07, 6.45) is 8.49. The number of benzene rings is 1. The van der Waals surface area contributed by atoms with Gasteiger partial charge in [0.25, 0.3) is 0 Å². The van der Waals surface area contributed by atoms with E-state index in [9.17, 15) is 4.79 Å². The predicted molar refractivity (Wildman–Crippen MR) is 102 cm³/mol. The summed E-state index contributed by atoms with van der Waals surface area (Å²) in [4.78, 5) is 16.6. The van der Waals surface area contributed by atoms with Gasteiger partial charge in [-0.2, -0.15) is 0 Å². The minimum Gasteiger partial charge on any atom is -0.378 e. The molecule has 0 unspecified atom stereocenters. The minimum absolute atomic E-state index is 0.280. The molecule has 1 saturated carbocycles. The average Bonchev–Trinajstić information content (AvgIpc) is 2.68. The van der Waals surface area contributed by atoms with Crippen LogP contribution in [0.4, 0.5) is 5.69 Å². The lowest BCUT2D eigenvalue weighted by molar-refractivity contribution is -0.130. The molecule has 1 aliphatic carbocycles. The van der Waals surface area contributed by atoms with Crippen molar-refractivity contribution in [3.63, 3.8) is 0 Å². The topological polar surface area (TPSA) is 32.8 Å². The van der Waals surface area contributed by atoms with Crippen LogP contribution in [0.25, 0.3) is 0 Å². The summed E-state index contributed by atoms with van der Waals surface area (Å²) in [5, 5.41) is 0. The number of amides is 1. The molecule has 1 aromatic carbocycles. The van der Waals surface area contributed by atoms with E-state index >= 15 is 0 Å². The van der Waals surface area contributed by atoms with Crippen molar-refractivity contribution in [2.24, 2.45) is 5.92 Å².